The van der Waals surface area contributed by atoms with E-state index in [1.807, 2.05) is 18.2 Å². The number of hydrogen-bond donors (Lipinski definition) is 0. The summed E-state index contributed by atoms with van der Waals surface area (Å²) in [5.74, 6) is 0.0709. The molecule has 0 aromatic heterocycles. The molecule has 0 saturated heterocycles. The van der Waals surface area contributed by atoms with E-state index in [9.17, 15) is 8.76 Å². The van der Waals surface area contributed by atoms with Crippen molar-refractivity contribution in [1.82, 2.24) is 0 Å². The second-order valence-electron chi connectivity index (χ2n) is 2.04. The van der Waals surface area contributed by atoms with Crippen LogP contribution in [-0.2, 0) is 16.8 Å². The average molecular weight is 257 g/mol. The van der Waals surface area contributed by atoms with Gasteiger partial charge in [0.1, 0.15) is 0 Å². The maximum atomic E-state index is 10.3. The van der Waals surface area contributed by atoms with Gasteiger partial charge in [-0.05, 0) is 11.6 Å². The number of benzene rings is 1. The quantitative estimate of drug-likeness (QED) is 0.495. The zero-order chi connectivity index (χ0) is 8.27. The molecule has 0 fully saturated rings. The maximum absolute atomic E-state index is 10.3. The molecule has 1 aromatic carbocycles. The van der Waals surface area contributed by atoms with E-state index in [0.29, 0.717) is 0 Å². The molecule has 0 saturated carbocycles. The third-order valence-corrected chi connectivity index (χ3v) is 2.55. The maximum Gasteiger partial charge on any atom is 1.00 e. The summed E-state index contributed by atoms with van der Waals surface area (Å²) < 4.78 is 21.4. The van der Waals surface area contributed by atoms with Gasteiger partial charge in [0.2, 0.25) is 0 Å². The van der Waals surface area contributed by atoms with Crippen LogP contribution in [0.2, 0.25) is 0 Å². The van der Waals surface area contributed by atoms with Crippen molar-refractivity contribution in [2.75, 3.05) is 0 Å². The molecule has 12 heavy (non-hydrogen) atoms. The van der Waals surface area contributed by atoms with Crippen molar-refractivity contribution in [1.29, 1.82) is 0 Å². The fourth-order valence-electron chi connectivity index (χ4n) is 0.742. The SMILES string of the molecule is O=S([O-])Cc1ccccc1Br.[Na+]. The molecule has 0 bridgehead atoms. The van der Waals surface area contributed by atoms with Crippen LogP contribution in [0.5, 0.6) is 0 Å². The first-order valence-electron chi connectivity index (χ1n) is 2.99. The van der Waals surface area contributed by atoms with Gasteiger partial charge in [-0.15, -0.1) is 0 Å². The molecule has 1 aromatic rings. The van der Waals surface area contributed by atoms with Gasteiger partial charge >= 0.3 is 29.6 Å². The van der Waals surface area contributed by atoms with Crippen molar-refractivity contribution in [3.05, 3.63) is 34.3 Å². The Balaban J connectivity index is 0.00000121. The van der Waals surface area contributed by atoms with Crippen LogP contribution in [0.15, 0.2) is 28.7 Å². The third-order valence-electron chi connectivity index (χ3n) is 1.23. The van der Waals surface area contributed by atoms with Gasteiger partial charge in [0, 0.05) is 10.2 Å². The van der Waals surface area contributed by atoms with Gasteiger partial charge in [-0.1, -0.05) is 45.2 Å². The van der Waals surface area contributed by atoms with E-state index >= 15 is 0 Å². The van der Waals surface area contributed by atoms with Crippen molar-refractivity contribution < 1.29 is 38.3 Å². The van der Waals surface area contributed by atoms with Crippen LogP contribution < -0.4 is 29.6 Å². The van der Waals surface area contributed by atoms with Gasteiger partial charge in [-0.2, -0.15) is 0 Å². The van der Waals surface area contributed by atoms with E-state index in [2.05, 4.69) is 15.9 Å². The summed E-state index contributed by atoms with van der Waals surface area (Å²) >= 11 is 1.24. The van der Waals surface area contributed by atoms with Crippen LogP contribution in [0.3, 0.4) is 0 Å². The van der Waals surface area contributed by atoms with Gasteiger partial charge in [-0.25, -0.2) is 0 Å². The summed E-state index contributed by atoms with van der Waals surface area (Å²) in [5.41, 5.74) is 0.792. The minimum atomic E-state index is -2.01. The monoisotopic (exact) mass is 256 g/mol. The molecule has 0 radical (unpaired) electrons. The summed E-state index contributed by atoms with van der Waals surface area (Å²) in [6.07, 6.45) is 0. The van der Waals surface area contributed by atoms with Crippen molar-refractivity contribution in [2.24, 2.45) is 0 Å². The van der Waals surface area contributed by atoms with Gasteiger partial charge < -0.3 is 4.55 Å². The number of rotatable bonds is 2. The Hall–Kier alpha value is 0.810. The van der Waals surface area contributed by atoms with E-state index in [1.165, 1.54) is 0 Å². The van der Waals surface area contributed by atoms with Crippen molar-refractivity contribution in [3.63, 3.8) is 0 Å². The molecule has 1 rings (SSSR count). The van der Waals surface area contributed by atoms with Crippen LogP contribution in [0, 0.1) is 0 Å². The molecule has 1 atom stereocenters. The number of halogens is 1. The first-order valence-corrected chi connectivity index (χ1v) is 5.03. The first kappa shape index (κ1) is 12.8. The van der Waals surface area contributed by atoms with Crippen LogP contribution in [-0.4, -0.2) is 8.76 Å². The van der Waals surface area contributed by atoms with E-state index in [-0.39, 0.29) is 35.3 Å². The molecule has 0 aliphatic rings. The first-order chi connectivity index (χ1) is 5.20. The molecule has 0 aliphatic carbocycles. The Morgan fingerprint density at radius 2 is 2.00 bits per heavy atom. The predicted octanol–water partition coefficient (Wildman–Crippen LogP) is -1.17. The topological polar surface area (TPSA) is 40.1 Å². The molecular weight excluding hydrogens is 251 g/mol. The minimum absolute atomic E-state index is 0. The van der Waals surface area contributed by atoms with Gasteiger partial charge in [-0.3, -0.25) is 4.21 Å². The molecule has 0 heterocycles. The second kappa shape index (κ2) is 6.29. The summed E-state index contributed by atoms with van der Waals surface area (Å²) in [4.78, 5) is 0. The molecule has 0 amide bonds. The Labute approximate surface area is 104 Å². The molecule has 0 aliphatic heterocycles. The molecule has 1 unspecified atom stereocenters. The molecule has 60 valence electrons. The van der Waals surface area contributed by atoms with Gasteiger partial charge in [0.15, 0.2) is 0 Å². The standard InChI is InChI=1S/C7H7BrO2S.Na/c8-7-4-2-1-3-6(7)5-11(9)10;/h1-4H,5H2,(H,9,10);/q;+1/p-1. The normalized spacial score (nSPS) is 11.8. The van der Waals surface area contributed by atoms with E-state index in [0.717, 1.165) is 10.0 Å². The largest absolute Gasteiger partial charge is 1.00 e. The molecule has 2 nitrogen and oxygen atoms in total. The fourth-order valence-corrected chi connectivity index (χ4v) is 1.86. The van der Waals surface area contributed by atoms with Crippen molar-refractivity contribution >= 4 is 27.0 Å². The Kier molecular flexibility index (Phi) is 6.72. The third kappa shape index (κ3) is 4.16. The molecule has 5 heteroatoms. The fraction of sp³-hybridized carbons (Fsp3) is 0.143. The summed E-state index contributed by atoms with van der Waals surface area (Å²) in [7, 11) is 0. The summed E-state index contributed by atoms with van der Waals surface area (Å²) in [5, 5.41) is 0. The van der Waals surface area contributed by atoms with Crippen LogP contribution in [0.4, 0.5) is 0 Å². The van der Waals surface area contributed by atoms with Crippen molar-refractivity contribution in [3.8, 4) is 0 Å². The van der Waals surface area contributed by atoms with Crippen LogP contribution >= 0.6 is 15.9 Å². The number of hydrogen-bond acceptors (Lipinski definition) is 2. The minimum Gasteiger partial charge on any atom is -0.772 e. The van der Waals surface area contributed by atoms with Crippen LogP contribution in [0.25, 0.3) is 0 Å². The average Bonchev–Trinajstić information content (AvgIpc) is 1.93. The Bertz CT molecular complexity index is 280. The van der Waals surface area contributed by atoms with E-state index in [1.54, 1.807) is 6.07 Å². The molecule has 0 N–H and O–H groups in total. The molecular formula is C7H6BrNaO2S. The molecule has 0 spiro atoms. The van der Waals surface area contributed by atoms with Crippen LogP contribution in [0.1, 0.15) is 5.56 Å². The zero-order valence-corrected chi connectivity index (χ0v) is 11.0. The predicted molar refractivity (Wildman–Crippen MR) is 46.8 cm³/mol. The van der Waals surface area contributed by atoms with E-state index < -0.39 is 11.1 Å². The van der Waals surface area contributed by atoms with E-state index in [4.69, 9.17) is 0 Å². The zero-order valence-electron chi connectivity index (χ0n) is 6.62. The second-order valence-corrected chi connectivity index (χ2v) is 3.79. The Morgan fingerprint density at radius 3 is 2.50 bits per heavy atom. The summed E-state index contributed by atoms with van der Waals surface area (Å²) in [6.45, 7) is 0. The van der Waals surface area contributed by atoms with Gasteiger partial charge in [0.25, 0.3) is 0 Å². The van der Waals surface area contributed by atoms with Crippen molar-refractivity contribution in [2.45, 2.75) is 5.75 Å². The van der Waals surface area contributed by atoms with Gasteiger partial charge in [0.05, 0.1) is 0 Å². The summed E-state index contributed by atoms with van der Waals surface area (Å²) in [6, 6.07) is 7.26. The Morgan fingerprint density at radius 1 is 1.42 bits per heavy atom. The smallest absolute Gasteiger partial charge is 0.772 e.